The van der Waals surface area contributed by atoms with E-state index in [2.05, 4.69) is 25.8 Å². The summed E-state index contributed by atoms with van der Waals surface area (Å²) in [6.07, 6.45) is 4.82. The van der Waals surface area contributed by atoms with E-state index in [1.54, 1.807) is 23.7 Å². The van der Waals surface area contributed by atoms with Gasteiger partial charge in [0.05, 0.1) is 23.8 Å². The summed E-state index contributed by atoms with van der Waals surface area (Å²) in [5.41, 5.74) is 5.87. The highest BCUT2D eigenvalue weighted by atomic mass is 32.1. The molecule has 0 amide bonds. The quantitative estimate of drug-likeness (QED) is 0.540. The van der Waals surface area contributed by atoms with Gasteiger partial charge in [-0.15, -0.1) is 11.3 Å². The topological polar surface area (TPSA) is 75.3 Å². The number of aromatic nitrogens is 2. The van der Waals surface area contributed by atoms with Crippen LogP contribution in [0.25, 0.3) is 11.3 Å². The predicted molar refractivity (Wildman–Crippen MR) is 88.0 cm³/mol. The summed E-state index contributed by atoms with van der Waals surface area (Å²) >= 11 is 1.57. The van der Waals surface area contributed by atoms with Gasteiger partial charge in [-0.05, 0) is 31.3 Å². The molecule has 0 fully saturated rings. The highest BCUT2D eigenvalue weighted by Crippen LogP contribution is 2.20. The van der Waals surface area contributed by atoms with E-state index in [0.29, 0.717) is 0 Å². The maximum atomic E-state index is 5.25. The van der Waals surface area contributed by atoms with Crippen LogP contribution in [0.5, 0.6) is 0 Å². The molecular weight excluding hydrogens is 298 g/mol. The van der Waals surface area contributed by atoms with E-state index in [0.717, 1.165) is 34.3 Å². The van der Waals surface area contributed by atoms with Gasteiger partial charge in [-0.25, -0.2) is 9.97 Å². The number of thiazole rings is 1. The standard InChI is InChI=1S/C15H15N5OS/c1-16-6-13-9-22-15(19-13)8-18-20-12-4-2-11(3-5-12)14-7-17-10-21-14/h2-5,7-10,16,20H,6H2,1H3. The number of hydrogen-bond donors (Lipinski definition) is 2. The first-order valence-corrected chi connectivity index (χ1v) is 7.60. The van der Waals surface area contributed by atoms with Crippen molar-refractivity contribution in [1.82, 2.24) is 15.3 Å². The first-order chi connectivity index (χ1) is 10.8. The van der Waals surface area contributed by atoms with Crippen LogP contribution in [0.3, 0.4) is 0 Å². The monoisotopic (exact) mass is 313 g/mol. The maximum absolute atomic E-state index is 5.25. The number of nitrogens with zero attached hydrogens (tertiary/aromatic N) is 3. The molecule has 1 aromatic carbocycles. The lowest BCUT2D eigenvalue weighted by Gasteiger charge is -2.00. The smallest absolute Gasteiger partial charge is 0.181 e. The van der Waals surface area contributed by atoms with Gasteiger partial charge in [-0.2, -0.15) is 5.10 Å². The van der Waals surface area contributed by atoms with Crippen LogP contribution in [-0.2, 0) is 6.54 Å². The zero-order valence-corrected chi connectivity index (χ0v) is 12.8. The minimum atomic E-state index is 0.745. The second-order valence-corrected chi connectivity index (χ2v) is 5.41. The maximum Gasteiger partial charge on any atom is 0.181 e. The molecule has 0 aliphatic rings. The Balaban J connectivity index is 1.60. The average Bonchev–Trinajstić information content (AvgIpc) is 3.20. The van der Waals surface area contributed by atoms with Crippen LogP contribution in [0.4, 0.5) is 5.69 Å². The van der Waals surface area contributed by atoms with Crippen molar-refractivity contribution < 1.29 is 4.42 Å². The Bertz CT molecular complexity index is 734. The normalized spacial score (nSPS) is 11.1. The zero-order valence-electron chi connectivity index (χ0n) is 12.0. The van der Waals surface area contributed by atoms with E-state index < -0.39 is 0 Å². The van der Waals surface area contributed by atoms with Crippen LogP contribution in [0.15, 0.2) is 51.8 Å². The second kappa shape index (κ2) is 6.97. The first-order valence-electron chi connectivity index (χ1n) is 6.72. The number of hydrazone groups is 1. The van der Waals surface area contributed by atoms with Gasteiger partial charge in [-0.1, -0.05) is 0 Å². The van der Waals surface area contributed by atoms with Crippen LogP contribution in [0, 0.1) is 0 Å². The molecule has 0 radical (unpaired) electrons. The molecule has 0 aliphatic heterocycles. The fourth-order valence-electron chi connectivity index (χ4n) is 1.87. The van der Waals surface area contributed by atoms with Crippen LogP contribution in [0.2, 0.25) is 0 Å². The van der Waals surface area contributed by atoms with Crippen molar-refractivity contribution in [3.63, 3.8) is 0 Å². The van der Waals surface area contributed by atoms with E-state index >= 15 is 0 Å². The molecule has 3 rings (SSSR count). The van der Waals surface area contributed by atoms with Gasteiger partial charge in [0.1, 0.15) is 5.01 Å². The summed E-state index contributed by atoms with van der Waals surface area (Å²) in [6, 6.07) is 7.77. The van der Waals surface area contributed by atoms with E-state index in [1.807, 2.05) is 36.7 Å². The molecule has 2 N–H and O–H groups in total. The highest BCUT2D eigenvalue weighted by molar-refractivity contribution is 7.11. The SMILES string of the molecule is CNCc1csc(C=NNc2ccc(-c3cnco3)cc2)n1. The van der Waals surface area contributed by atoms with Crippen molar-refractivity contribution in [2.45, 2.75) is 6.54 Å². The number of rotatable bonds is 6. The molecular formula is C15H15N5OS. The Morgan fingerprint density at radius 1 is 1.32 bits per heavy atom. The molecule has 0 spiro atoms. The van der Waals surface area contributed by atoms with Crippen molar-refractivity contribution in [3.05, 3.63) is 52.9 Å². The summed E-state index contributed by atoms with van der Waals surface area (Å²) in [7, 11) is 1.90. The summed E-state index contributed by atoms with van der Waals surface area (Å²) in [5.74, 6) is 0.745. The van der Waals surface area contributed by atoms with Crippen LogP contribution < -0.4 is 10.7 Å². The minimum Gasteiger partial charge on any atom is -0.444 e. The summed E-state index contributed by atoms with van der Waals surface area (Å²) < 4.78 is 5.25. The van der Waals surface area contributed by atoms with E-state index in [-0.39, 0.29) is 0 Å². The Hall–Kier alpha value is -2.51. The second-order valence-electron chi connectivity index (χ2n) is 4.52. The number of anilines is 1. The molecule has 0 bridgehead atoms. The fraction of sp³-hybridized carbons (Fsp3) is 0.133. The van der Waals surface area contributed by atoms with Crippen molar-refractivity contribution >= 4 is 23.2 Å². The molecule has 112 valence electrons. The third kappa shape index (κ3) is 3.57. The fourth-order valence-corrected chi connectivity index (χ4v) is 2.55. The third-order valence-electron chi connectivity index (χ3n) is 2.90. The van der Waals surface area contributed by atoms with Crippen LogP contribution in [-0.4, -0.2) is 23.2 Å². The van der Waals surface area contributed by atoms with E-state index in [4.69, 9.17) is 4.42 Å². The Labute approximate surface area is 131 Å². The molecule has 6 nitrogen and oxygen atoms in total. The van der Waals surface area contributed by atoms with Gasteiger partial charge in [0.25, 0.3) is 0 Å². The number of nitrogens with one attached hydrogen (secondary N) is 2. The molecule has 7 heteroatoms. The lowest BCUT2D eigenvalue weighted by molar-refractivity contribution is 0.572. The Morgan fingerprint density at radius 2 is 2.18 bits per heavy atom. The molecule has 2 heterocycles. The van der Waals surface area contributed by atoms with Gasteiger partial charge in [0.2, 0.25) is 0 Å². The molecule has 22 heavy (non-hydrogen) atoms. The minimum absolute atomic E-state index is 0.745. The van der Waals surface area contributed by atoms with Gasteiger partial charge < -0.3 is 9.73 Å². The molecule has 0 saturated carbocycles. The number of oxazole rings is 1. The van der Waals surface area contributed by atoms with Gasteiger partial charge >= 0.3 is 0 Å². The third-order valence-corrected chi connectivity index (χ3v) is 3.73. The molecule has 0 atom stereocenters. The number of hydrogen-bond acceptors (Lipinski definition) is 7. The van der Waals surface area contributed by atoms with Gasteiger partial charge in [0, 0.05) is 17.5 Å². The van der Waals surface area contributed by atoms with Crippen LogP contribution >= 0.6 is 11.3 Å². The summed E-state index contributed by atoms with van der Waals surface area (Å²) in [6.45, 7) is 0.765. The molecule has 0 saturated heterocycles. The van der Waals surface area contributed by atoms with Crippen molar-refractivity contribution in [2.24, 2.45) is 5.10 Å². The van der Waals surface area contributed by atoms with E-state index in [1.165, 1.54) is 6.39 Å². The average molecular weight is 313 g/mol. The predicted octanol–water partition coefficient (Wildman–Crippen LogP) is 2.96. The highest BCUT2D eigenvalue weighted by Gasteiger charge is 2.01. The lowest BCUT2D eigenvalue weighted by atomic mass is 10.2. The van der Waals surface area contributed by atoms with Crippen molar-refractivity contribution in [2.75, 3.05) is 12.5 Å². The van der Waals surface area contributed by atoms with Crippen LogP contribution in [0.1, 0.15) is 10.7 Å². The van der Waals surface area contributed by atoms with Gasteiger partial charge in [0.15, 0.2) is 12.2 Å². The number of benzene rings is 1. The zero-order chi connectivity index (χ0) is 15.2. The molecule has 0 aliphatic carbocycles. The Morgan fingerprint density at radius 3 is 2.91 bits per heavy atom. The summed E-state index contributed by atoms with van der Waals surface area (Å²) in [4.78, 5) is 8.33. The molecule has 0 unspecified atom stereocenters. The van der Waals surface area contributed by atoms with E-state index in [9.17, 15) is 0 Å². The lowest BCUT2D eigenvalue weighted by Crippen LogP contribution is -2.05. The Kier molecular flexibility index (Phi) is 4.57. The molecule has 3 aromatic rings. The van der Waals surface area contributed by atoms with Crippen molar-refractivity contribution in [1.29, 1.82) is 0 Å². The largest absolute Gasteiger partial charge is 0.444 e. The molecule has 2 aromatic heterocycles. The van der Waals surface area contributed by atoms with Gasteiger partial charge in [-0.3, -0.25) is 5.43 Å². The van der Waals surface area contributed by atoms with Crippen molar-refractivity contribution in [3.8, 4) is 11.3 Å². The first kappa shape index (κ1) is 14.4. The summed E-state index contributed by atoms with van der Waals surface area (Å²) in [5, 5.41) is 10.2.